The summed E-state index contributed by atoms with van der Waals surface area (Å²) < 4.78 is 18.3. The van der Waals surface area contributed by atoms with Crippen LogP contribution in [0, 0.1) is 5.82 Å². The second-order valence-corrected chi connectivity index (χ2v) is 4.56. The van der Waals surface area contributed by atoms with Crippen LogP contribution in [0.5, 0.6) is 0 Å². The lowest BCUT2D eigenvalue weighted by atomic mass is 10.2. The highest BCUT2D eigenvalue weighted by Gasteiger charge is 2.23. The number of halogens is 1. The van der Waals surface area contributed by atoms with Crippen LogP contribution in [0.15, 0.2) is 18.2 Å². The van der Waals surface area contributed by atoms with Gasteiger partial charge >= 0.3 is 0 Å². The standard InChI is InChI=1S/C13H14FN3O2/c14-8-3-4-9-10(6-8)17-12(16-9)7-15-13(18)11-2-1-5-19-11/h3-4,6,11H,1-2,5,7H2,(H,15,18)(H,16,17). The number of fused-ring (bicyclic) bond motifs is 1. The van der Waals surface area contributed by atoms with E-state index in [0.717, 1.165) is 12.8 Å². The molecule has 1 aromatic heterocycles. The Morgan fingerprint density at radius 2 is 2.47 bits per heavy atom. The number of benzene rings is 1. The normalized spacial score (nSPS) is 18.9. The molecule has 1 aliphatic heterocycles. The van der Waals surface area contributed by atoms with Gasteiger partial charge in [0.05, 0.1) is 17.6 Å². The Morgan fingerprint density at radius 3 is 3.26 bits per heavy atom. The van der Waals surface area contributed by atoms with E-state index in [9.17, 15) is 9.18 Å². The zero-order valence-corrected chi connectivity index (χ0v) is 10.3. The molecule has 1 atom stereocenters. The molecule has 1 saturated heterocycles. The van der Waals surface area contributed by atoms with E-state index >= 15 is 0 Å². The molecule has 0 bridgehead atoms. The minimum absolute atomic E-state index is 0.121. The number of nitrogens with one attached hydrogen (secondary N) is 2. The monoisotopic (exact) mass is 263 g/mol. The summed E-state index contributed by atoms with van der Waals surface area (Å²) in [5.74, 6) is 0.169. The summed E-state index contributed by atoms with van der Waals surface area (Å²) in [5, 5.41) is 2.77. The Hall–Kier alpha value is -1.95. The van der Waals surface area contributed by atoms with Gasteiger partial charge in [-0.2, -0.15) is 0 Å². The number of nitrogens with zero attached hydrogens (tertiary/aromatic N) is 1. The van der Waals surface area contributed by atoms with Crippen molar-refractivity contribution in [2.75, 3.05) is 6.61 Å². The largest absolute Gasteiger partial charge is 0.368 e. The summed E-state index contributed by atoms with van der Waals surface area (Å²) in [6.45, 7) is 0.928. The molecule has 1 unspecified atom stereocenters. The van der Waals surface area contributed by atoms with Crippen molar-refractivity contribution >= 4 is 16.9 Å². The van der Waals surface area contributed by atoms with Gasteiger partial charge in [0, 0.05) is 6.61 Å². The third kappa shape index (κ3) is 2.58. The van der Waals surface area contributed by atoms with Gasteiger partial charge in [-0.1, -0.05) is 0 Å². The number of rotatable bonds is 3. The fourth-order valence-electron chi connectivity index (χ4n) is 2.19. The second-order valence-electron chi connectivity index (χ2n) is 4.56. The molecule has 1 fully saturated rings. The van der Waals surface area contributed by atoms with Crippen LogP contribution in [0.25, 0.3) is 11.0 Å². The van der Waals surface area contributed by atoms with Gasteiger partial charge in [-0.3, -0.25) is 4.79 Å². The second kappa shape index (κ2) is 4.97. The first-order chi connectivity index (χ1) is 9.22. The fraction of sp³-hybridized carbons (Fsp3) is 0.385. The summed E-state index contributed by atoms with van der Waals surface area (Å²) in [4.78, 5) is 19.0. The average Bonchev–Trinajstić information content (AvgIpc) is 3.04. The lowest BCUT2D eigenvalue weighted by Crippen LogP contribution is -2.33. The van der Waals surface area contributed by atoms with Crippen molar-refractivity contribution in [3.8, 4) is 0 Å². The van der Waals surface area contributed by atoms with E-state index in [0.29, 0.717) is 23.5 Å². The summed E-state index contributed by atoms with van der Waals surface area (Å²) in [6.07, 6.45) is 1.33. The number of imidazole rings is 1. The molecule has 1 amide bonds. The molecule has 0 aliphatic carbocycles. The van der Waals surface area contributed by atoms with E-state index in [1.54, 1.807) is 6.07 Å². The van der Waals surface area contributed by atoms with E-state index in [1.165, 1.54) is 12.1 Å². The van der Waals surface area contributed by atoms with Gasteiger partial charge in [-0.05, 0) is 31.0 Å². The maximum atomic E-state index is 13.0. The summed E-state index contributed by atoms with van der Waals surface area (Å²) in [5.41, 5.74) is 1.31. The molecular weight excluding hydrogens is 249 g/mol. The zero-order valence-electron chi connectivity index (χ0n) is 10.3. The van der Waals surface area contributed by atoms with Crippen LogP contribution in [0.4, 0.5) is 4.39 Å². The van der Waals surface area contributed by atoms with Crippen molar-refractivity contribution in [3.05, 3.63) is 29.8 Å². The number of ether oxygens (including phenoxy) is 1. The predicted octanol–water partition coefficient (Wildman–Crippen LogP) is 1.50. The van der Waals surface area contributed by atoms with Gasteiger partial charge in [0.15, 0.2) is 0 Å². The zero-order chi connectivity index (χ0) is 13.2. The van der Waals surface area contributed by atoms with E-state index in [4.69, 9.17) is 4.74 Å². The highest BCUT2D eigenvalue weighted by Crippen LogP contribution is 2.14. The molecule has 0 spiro atoms. The Bertz CT molecular complexity index is 605. The SMILES string of the molecule is O=C(NCc1nc2ccc(F)cc2[nH]1)C1CCCO1. The highest BCUT2D eigenvalue weighted by atomic mass is 19.1. The maximum absolute atomic E-state index is 13.0. The first-order valence-corrected chi connectivity index (χ1v) is 6.26. The minimum Gasteiger partial charge on any atom is -0.368 e. The van der Waals surface area contributed by atoms with Crippen molar-refractivity contribution in [1.29, 1.82) is 0 Å². The number of aromatic nitrogens is 2. The predicted molar refractivity (Wildman–Crippen MR) is 66.9 cm³/mol. The van der Waals surface area contributed by atoms with E-state index in [1.807, 2.05) is 0 Å². The number of amides is 1. The van der Waals surface area contributed by atoms with Gasteiger partial charge < -0.3 is 15.0 Å². The number of H-pyrrole nitrogens is 1. The molecule has 19 heavy (non-hydrogen) atoms. The quantitative estimate of drug-likeness (QED) is 0.881. The molecule has 0 saturated carbocycles. The van der Waals surface area contributed by atoms with Gasteiger partial charge in [0.2, 0.25) is 5.91 Å². The molecule has 5 nitrogen and oxygen atoms in total. The summed E-state index contributed by atoms with van der Waals surface area (Å²) >= 11 is 0. The van der Waals surface area contributed by atoms with E-state index in [2.05, 4.69) is 15.3 Å². The molecular formula is C13H14FN3O2. The molecule has 1 aliphatic rings. The molecule has 2 N–H and O–H groups in total. The minimum atomic E-state index is -0.346. The molecule has 1 aromatic carbocycles. The highest BCUT2D eigenvalue weighted by molar-refractivity contribution is 5.81. The third-order valence-electron chi connectivity index (χ3n) is 3.15. The van der Waals surface area contributed by atoms with Gasteiger partial charge in [-0.15, -0.1) is 0 Å². The van der Waals surface area contributed by atoms with Crippen LogP contribution in [0.1, 0.15) is 18.7 Å². The number of hydrogen-bond donors (Lipinski definition) is 2. The Labute approximate surface area is 109 Å². The first kappa shape index (κ1) is 12.1. The lowest BCUT2D eigenvalue weighted by molar-refractivity contribution is -0.130. The Kier molecular flexibility index (Phi) is 3.16. The molecule has 0 radical (unpaired) electrons. The van der Waals surface area contributed by atoms with Crippen molar-refractivity contribution in [1.82, 2.24) is 15.3 Å². The van der Waals surface area contributed by atoms with Crippen molar-refractivity contribution < 1.29 is 13.9 Å². The molecule has 3 rings (SSSR count). The number of carbonyl (C=O) groups is 1. The summed E-state index contributed by atoms with van der Waals surface area (Å²) in [7, 11) is 0. The van der Waals surface area contributed by atoms with Crippen LogP contribution in [-0.2, 0) is 16.1 Å². The molecule has 2 heterocycles. The van der Waals surface area contributed by atoms with Crippen LogP contribution >= 0.6 is 0 Å². The maximum Gasteiger partial charge on any atom is 0.249 e. The van der Waals surface area contributed by atoms with Gasteiger partial charge in [-0.25, -0.2) is 9.37 Å². The topological polar surface area (TPSA) is 67.0 Å². The van der Waals surface area contributed by atoms with Crippen LogP contribution in [0.3, 0.4) is 0 Å². The van der Waals surface area contributed by atoms with Crippen LogP contribution < -0.4 is 5.32 Å². The summed E-state index contributed by atoms with van der Waals surface area (Å²) in [6, 6.07) is 4.35. The Morgan fingerprint density at radius 1 is 1.58 bits per heavy atom. The third-order valence-corrected chi connectivity index (χ3v) is 3.15. The first-order valence-electron chi connectivity index (χ1n) is 6.26. The number of carbonyl (C=O) groups excluding carboxylic acids is 1. The van der Waals surface area contributed by atoms with Gasteiger partial charge in [0.25, 0.3) is 0 Å². The molecule has 6 heteroatoms. The van der Waals surface area contributed by atoms with Crippen LogP contribution in [0.2, 0.25) is 0 Å². The average molecular weight is 263 g/mol. The molecule has 100 valence electrons. The number of hydrogen-bond acceptors (Lipinski definition) is 3. The lowest BCUT2D eigenvalue weighted by Gasteiger charge is -2.08. The van der Waals surface area contributed by atoms with E-state index in [-0.39, 0.29) is 24.4 Å². The van der Waals surface area contributed by atoms with Crippen molar-refractivity contribution in [2.24, 2.45) is 0 Å². The number of aromatic amines is 1. The fourth-order valence-corrected chi connectivity index (χ4v) is 2.19. The van der Waals surface area contributed by atoms with E-state index < -0.39 is 0 Å². The Balaban J connectivity index is 1.66. The van der Waals surface area contributed by atoms with Crippen molar-refractivity contribution in [2.45, 2.75) is 25.5 Å². The van der Waals surface area contributed by atoms with Gasteiger partial charge in [0.1, 0.15) is 17.7 Å². The molecule has 2 aromatic rings. The smallest absolute Gasteiger partial charge is 0.249 e. The van der Waals surface area contributed by atoms with Crippen LogP contribution in [-0.4, -0.2) is 28.6 Å². The van der Waals surface area contributed by atoms with Crippen molar-refractivity contribution in [3.63, 3.8) is 0 Å².